The van der Waals surface area contributed by atoms with Gasteiger partial charge in [0.1, 0.15) is 0 Å². The molecule has 0 spiro atoms. The Morgan fingerprint density at radius 2 is 1.80 bits per heavy atom. The maximum atomic E-state index is 3.80. The summed E-state index contributed by atoms with van der Waals surface area (Å²) in [5.74, 6) is 0. The maximum absolute atomic E-state index is 3.80. The highest BCUT2D eigenvalue weighted by Crippen LogP contribution is 2.21. The number of likely N-dealkylation sites (N-methyl/N-ethyl adjacent to an activating group) is 1. The van der Waals surface area contributed by atoms with Crippen LogP contribution in [0, 0.1) is 0 Å². The van der Waals surface area contributed by atoms with E-state index >= 15 is 0 Å². The molecule has 0 amide bonds. The first-order valence-electron chi connectivity index (χ1n) is 7.91. The third-order valence-electron chi connectivity index (χ3n) is 4.98. The summed E-state index contributed by atoms with van der Waals surface area (Å²) in [5.41, 5.74) is 3.05. The predicted molar refractivity (Wildman–Crippen MR) is 83.9 cm³/mol. The number of nitrogens with one attached hydrogen (secondary N) is 1. The Morgan fingerprint density at radius 3 is 2.55 bits per heavy atom. The lowest BCUT2D eigenvalue weighted by molar-refractivity contribution is 0.186. The van der Waals surface area contributed by atoms with Crippen molar-refractivity contribution in [2.24, 2.45) is 0 Å². The molecule has 0 saturated carbocycles. The zero-order chi connectivity index (χ0) is 13.9. The largest absolute Gasteiger partial charge is 0.312 e. The number of rotatable bonds is 3. The van der Waals surface area contributed by atoms with Crippen molar-refractivity contribution in [1.29, 1.82) is 0 Å². The number of likely N-dealkylation sites (tertiary alicyclic amines) is 1. The Kier molecular flexibility index (Phi) is 4.39. The van der Waals surface area contributed by atoms with E-state index in [2.05, 4.69) is 53.5 Å². The molecular formula is C17H27N3. The zero-order valence-electron chi connectivity index (χ0n) is 12.8. The van der Waals surface area contributed by atoms with Gasteiger partial charge in [-0.05, 0) is 57.6 Å². The number of hydrogen-bond donors (Lipinski definition) is 1. The van der Waals surface area contributed by atoms with Gasteiger partial charge in [-0.15, -0.1) is 0 Å². The summed E-state index contributed by atoms with van der Waals surface area (Å²) in [7, 11) is 4.49. The second kappa shape index (κ2) is 6.25. The first-order valence-corrected chi connectivity index (χ1v) is 7.91. The SMILES string of the molecule is CN1CCC(NCC2Cc3ccccc3CN2C)CC1. The van der Waals surface area contributed by atoms with E-state index in [4.69, 9.17) is 0 Å². The van der Waals surface area contributed by atoms with Crippen LogP contribution in [0.4, 0.5) is 0 Å². The van der Waals surface area contributed by atoms with Crippen molar-refractivity contribution in [2.75, 3.05) is 33.7 Å². The number of nitrogens with zero attached hydrogens (tertiary/aromatic N) is 2. The van der Waals surface area contributed by atoms with E-state index < -0.39 is 0 Å². The Labute approximate surface area is 123 Å². The molecule has 2 aliphatic heterocycles. The van der Waals surface area contributed by atoms with Gasteiger partial charge in [-0.2, -0.15) is 0 Å². The maximum Gasteiger partial charge on any atom is 0.0261 e. The van der Waals surface area contributed by atoms with Crippen LogP contribution in [-0.4, -0.2) is 55.6 Å². The summed E-state index contributed by atoms with van der Waals surface area (Å²) in [5, 5.41) is 3.80. The van der Waals surface area contributed by atoms with Gasteiger partial charge in [0.2, 0.25) is 0 Å². The lowest BCUT2D eigenvalue weighted by Gasteiger charge is -2.36. The molecular weight excluding hydrogens is 246 g/mol. The van der Waals surface area contributed by atoms with Crippen LogP contribution < -0.4 is 5.32 Å². The number of hydrogen-bond acceptors (Lipinski definition) is 3. The van der Waals surface area contributed by atoms with E-state index in [9.17, 15) is 0 Å². The first-order chi connectivity index (χ1) is 9.72. The molecule has 1 atom stereocenters. The Hall–Kier alpha value is -0.900. The van der Waals surface area contributed by atoms with Crippen LogP contribution in [0.25, 0.3) is 0 Å². The Bertz CT molecular complexity index is 438. The van der Waals surface area contributed by atoms with Crippen molar-refractivity contribution in [3.05, 3.63) is 35.4 Å². The highest BCUT2D eigenvalue weighted by Gasteiger charge is 2.24. The van der Waals surface area contributed by atoms with E-state index in [1.54, 1.807) is 5.56 Å². The number of benzene rings is 1. The molecule has 2 heterocycles. The average Bonchev–Trinajstić information content (AvgIpc) is 2.47. The van der Waals surface area contributed by atoms with Crippen LogP contribution in [0.5, 0.6) is 0 Å². The van der Waals surface area contributed by atoms with E-state index in [1.807, 2.05) is 0 Å². The zero-order valence-corrected chi connectivity index (χ0v) is 12.8. The third kappa shape index (κ3) is 3.22. The molecule has 3 nitrogen and oxygen atoms in total. The standard InChI is InChI=1S/C17H27N3/c1-19-9-7-16(8-10-19)18-12-17-11-14-5-3-4-6-15(14)13-20(17)2/h3-6,16-18H,7-13H2,1-2H3. The summed E-state index contributed by atoms with van der Waals surface area (Å²) in [6.07, 6.45) is 3.78. The van der Waals surface area contributed by atoms with Crippen molar-refractivity contribution < 1.29 is 0 Å². The fourth-order valence-electron chi connectivity index (χ4n) is 3.46. The molecule has 0 aliphatic carbocycles. The molecule has 0 radical (unpaired) electrons. The van der Waals surface area contributed by atoms with Gasteiger partial charge in [-0.1, -0.05) is 24.3 Å². The summed E-state index contributed by atoms with van der Waals surface area (Å²) in [4.78, 5) is 4.94. The molecule has 2 aliphatic rings. The average molecular weight is 273 g/mol. The van der Waals surface area contributed by atoms with E-state index in [-0.39, 0.29) is 0 Å². The van der Waals surface area contributed by atoms with Gasteiger partial charge in [-0.25, -0.2) is 0 Å². The second-order valence-corrected chi connectivity index (χ2v) is 6.53. The highest BCUT2D eigenvalue weighted by molar-refractivity contribution is 5.30. The van der Waals surface area contributed by atoms with Crippen molar-refractivity contribution in [3.63, 3.8) is 0 Å². The molecule has 3 rings (SSSR count). The summed E-state index contributed by atoms with van der Waals surface area (Å²) in [6.45, 7) is 4.69. The molecule has 1 saturated heterocycles. The van der Waals surface area contributed by atoms with Crippen LogP contribution in [0.2, 0.25) is 0 Å². The highest BCUT2D eigenvalue weighted by atomic mass is 15.2. The minimum atomic E-state index is 0.643. The van der Waals surface area contributed by atoms with Crippen molar-refractivity contribution >= 4 is 0 Å². The van der Waals surface area contributed by atoms with Gasteiger partial charge in [0, 0.05) is 25.2 Å². The lowest BCUT2D eigenvalue weighted by atomic mass is 9.94. The fraction of sp³-hybridized carbons (Fsp3) is 0.647. The molecule has 3 heteroatoms. The number of piperidine rings is 1. The van der Waals surface area contributed by atoms with Crippen LogP contribution in [0.1, 0.15) is 24.0 Å². The molecule has 20 heavy (non-hydrogen) atoms. The summed E-state index contributed by atoms with van der Waals surface area (Å²) < 4.78 is 0. The van der Waals surface area contributed by atoms with Gasteiger partial charge < -0.3 is 10.2 Å². The van der Waals surface area contributed by atoms with Crippen LogP contribution in [-0.2, 0) is 13.0 Å². The van der Waals surface area contributed by atoms with Gasteiger partial charge in [0.25, 0.3) is 0 Å². The fourth-order valence-corrected chi connectivity index (χ4v) is 3.46. The lowest BCUT2D eigenvalue weighted by Crippen LogP contribution is -2.48. The molecule has 1 fully saturated rings. The molecule has 1 unspecified atom stereocenters. The smallest absolute Gasteiger partial charge is 0.0261 e. The monoisotopic (exact) mass is 273 g/mol. The quantitative estimate of drug-likeness (QED) is 0.905. The van der Waals surface area contributed by atoms with Crippen LogP contribution >= 0.6 is 0 Å². The van der Waals surface area contributed by atoms with Crippen LogP contribution in [0.3, 0.4) is 0 Å². The number of fused-ring (bicyclic) bond motifs is 1. The van der Waals surface area contributed by atoms with Gasteiger partial charge in [0.15, 0.2) is 0 Å². The second-order valence-electron chi connectivity index (χ2n) is 6.53. The molecule has 1 aromatic rings. The normalized spacial score (nSPS) is 25.6. The molecule has 0 aromatic heterocycles. The predicted octanol–water partition coefficient (Wildman–Crippen LogP) is 1.73. The van der Waals surface area contributed by atoms with Crippen LogP contribution in [0.15, 0.2) is 24.3 Å². The summed E-state index contributed by atoms with van der Waals surface area (Å²) in [6, 6.07) is 10.3. The van der Waals surface area contributed by atoms with Crippen molar-refractivity contribution in [2.45, 2.75) is 37.9 Å². The van der Waals surface area contributed by atoms with Crippen molar-refractivity contribution in [1.82, 2.24) is 15.1 Å². The van der Waals surface area contributed by atoms with E-state index in [0.29, 0.717) is 6.04 Å². The van der Waals surface area contributed by atoms with Gasteiger partial charge in [-0.3, -0.25) is 4.90 Å². The minimum Gasteiger partial charge on any atom is -0.312 e. The Morgan fingerprint density at radius 1 is 1.10 bits per heavy atom. The van der Waals surface area contributed by atoms with E-state index in [0.717, 1.165) is 19.1 Å². The topological polar surface area (TPSA) is 18.5 Å². The van der Waals surface area contributed by atoms with E-state index in [1.165, 1.54) is 37.9 Å². The first kappa shape index (κ1) is 14.1. The molecule has 0 bridgehead atoms. The third-order valence-corrected chi connectivity index (χ3v) is 4.98. The van der Waals surface area contributed by atoms with Gasteiger partial charge in [0.05, 0.1) is 0 Å². The van der Waals surface area contributed by atoms with Gasteiger partial charge >= 0.3 is 0 Å². The molecule has 110 valence electrons. The van der Waals surface area contributed by atoms with Crippen molar-refractivity contribution in [3.8, 4) is 0 Å². The molecule has 1 aromatic carbocycles. The Balaban J connectivity index is 1.53. The minimum absolute atomic E-state index is 0.643. The summed E-state index contributed by atoms with van der Waals surface area (Å²) >= 11 is 0. The molecule has 1 N–H and O–H groups in total.